The molecule has 2 aromatic rings. The van der Waals surface area contributed by atoms with Gasteiger partial charge >= 0.3 is 0 Å². The van der Waals surface area contributed by atoms with E-state index < -0.39 is 8.32 Å². The summed E-state index contributed by atoms with van der Waals surface area (Å²) in [5.74, 6) is 1.75. The highest BCUT2D eigenvalue weighted by Crippen LogP contribution is 2.37. The van der Waals surface area contributed by atoms with E-state index in [0.29, 0.717) is 18.8 Å². The molecular formula is C22H35N3O4Si. The van der Waals surface area contributed by atoms with Gasteiger partial charge < -0.3 is 24.6 Å². The third-order valence-corrected chi connectivity index (χ3v) is 10.2. The van der Waals surface area contributed by atoms with Crippen molar-refractivity contribution in [2.24, 2.45) is 10.9 Å². The Morgan fingerprint density at radius 1 is 1.20 bits per heavy atom. The Morgan fingerprint density at radius 3 is 2.40 bits per heavy atom. The minimum Gasteiger partial charge on any atom is -0.493 e. The van der Waals surface area contributed by atoms with E-state index in [-0.39, 0.29) is 10.9 Å². The van der Waals surface area contributed by atoms with E-state index >= 15 is 0 Å². The highest BCUT2D eigenvalue weighted by molar-refractivity contribution is 6.74. The second-order valence-electron chi connectivity index (χ2n) is 9.21. The van der Waals surface area contributed by atoms with E-state index in [4.69, 9.17) is 24.6 Å². The topological polar surface area (TPSA) is 103 Å². The van der Waals surface area contributed by atoms with E-state index in [2.05, 4.69) is 44.2 Å². The zero-order valence-electron chi connectivity index (χ0n) is 19.2. The first-order valence-corrected chi connectivity index (χ1v) is 13.2. The fraction of sp³-hybridized carbons (Fsp3) is 0.545. The number of hydrogen-bond acceptors (Lipinski definition) is 6. The number of nitrogens with zero attached hydrogens (tertiary/aromatic N) is 2. The maximum absolute atomic E-state index is 8.84. The first-order chi connectivity index (χ1) is 13.9. The molecular weight excluding hydrogens is 398 g/mol. The molecule has 0 aliphatic heterocycles. The summed E-state index contributed by atoms with van der Waals surface area (Å²) in [6, 6.07) is 5.67. The number of aryl methyl sites for hydroxylation is 3. The van der Waals surface area contributed by atoms with Crippen LogP contribution in [0.3, 0.4) is 0 Å². The van der Waals surface area contributed by atoms with Gasteiger partial charge in [0.25, 0.3) is 0 Å². The zero-order chi connectivity index (χ0) is 22.5. The number of amidine groups is 1. The van der Waals surface area contributed by atoms with Gasteiger partial charge in [-0.25, -0.2) is 0 Å². The average molecular weight is 434 g/mol. The largest absolute Gasteiger partial charge is 0.493 e. The second-order valence-corrected chi connectivity index (χ2v) is 14.0. The van der Waals surface area contributed by atoms with Gasteiger partial charge in [0.15, 0.2) is 14.2 Å². The molecule has 0 saturated heterocycles. The minimum atomic E-state index is -1.80. The van der Waals surface area contributed by atoms with E-state index in [0.717, 1.165) is 41.2 Å². The summed E-state index contributed by atoms with van der Waals surface area (Å²) < 4.78 is 17.6. The molecule has 2 rings (SSSR count). The zero-order valence-corrected chi connectivity index (χ0v) is 20.2. The lowest BCUT2D eigenvalue weighted by Crippen LogP contribution is -2.40. The Hall–Kier alpha value is -2.32. The van der Waals surface area contributed by atoms with Gasteiger partial charge in [-0.05, 0) is 61.7 Å². The predicted octanol–water partition coefficient (Wildman–Crippen LogP) is 4.92. The summed E-state index contributed by atoms with van der Waals surface area (Å²) >= 11 is 0. The van der Waals surface area contributed by atoms with Crippen LogP contribution in [0.15, 0.2) is 27.9 Å². The third kappa shape index (κ3) is 6.09. The molecule has 0 aliphatic rings. The molecule has 8 heteroatoms. The molecule has 0 saturated carbocycles. The predicted molar refractivity (Wildman–Crippen MR) is 121 cm³/mol. The fourth-order valence-corrected chi connectivity index (χ4v) is 3.76. The summed E-state index contributed by atoms with van der Waals surface area (Å²) in [6.07, 6.45) is 1.55. The molecule has 0 fully saturated rings. The lowest BCUT2D eigenvalue weighted by atomic mass is 10.1. The quantitative estimate of drug-likeness (QED) is 0.145. The average Bonchev–Trinajstić information content (AvgIpc) is 3.11. The van der Waals surface area contributed by atoms with E-state index in [1.165, 1.54) is 0 Å². The van der Waals surface area contributed by atoms with Crippen molar-refractivity contribution in [1.29, 1.82) is 0 Å². The normalized spacial score (nSPS) is 13.0. The molecule has 0 atom stereocenters. The van der Waals surface area contributed by atoms with E-state index in [1.807, 2.05) is 32.0 Å². The maximum Gasteiger partial charge on any atom is 0.192 e. The van der Waals surface area contributed by atoms with Crippen LogP contribution in [0.5, 0.6) is 5.75 Å². The number of aromatic nitrogens is 1. The van der Waals surface area contributed by atoms with Crippen molar-refractivity contribution in [3.8, 4) is 5.75 Å². The molecule has 0 unspecified atom stereocenters. The van der Waals surface area contributed by atoms with Gasteiger partial charge in [0.2, 0.25) is 0 Å². The van der Waals surface area contributed by atoms with Crippen LogP contribution in [0.4, 0.5) is 0 Å². The van der Waals surface area contributed by atoms with Crippen molar-refractivity contribution in [1.82, 2.24) is 5.16 Å². The lowest BCUT2D eigenvalue weighted by Gasteiger charge is -2.35. The SMILES string of the molecule is Cc1cc(/C(N)=N/O)cc(C)c1OCCCc1cc(CO[Si](C)(C)C(C)(C)C)no1. The van der Waals surface area contributed by atoms with Crippen LogP contribution in [0.1, 0.15) is 55.3 Å². The van der Waals surface area contributed by atoms with Crippen LogP contribution in [-0.4, -0.2) is 31.1 Å². The summed E-state index contributed by atoms with van der Waals surface area (Å²) in [4.78, 5) is 0. The highest BCUT2D eigenvalue weighted by Gasteiger charge is 2.37. The molecule has 1 heterocycles. The van der Waals surface area contributed by atoms with Crippen molar-refractivity contribution in [2.45, 2.75) is 72.2 Å². The number of benzene rings is 1. The van der Waals surface area contributed by atoms with Gasteiger partial charge in [0.05, 0.1) is 13.2 Å². The van der Waals surface area contributed by atoms with Crippen LogP contribution in [0.25, 0.3) is 0 Å². The van der Waals surface area contributed by atoms with Gasteiger partial charge in [-0.1, -0.05) is 31.1 Å². The van der Waals surface area contributed by atoms with Gasteiger partial charge in [-0.2, -0.15) is 0 Å². The number of ether oxygens (including phenoxy) is 1. The second kappa shape index (κ2) is 9.66. The van der Waals surface area contributed by atoms with Gasteiger partial charge in [-0.15, -0.1) is 0 Å². The van der Waals surface area contributed by atoms with Crippen molar-refractivity contribution in [3.63, 3.8) is 0 Å². The van der Waals surface area contributed by atoms with Gasteiger partial charge in [-0.3, -0.25) is 0 Å². The standard InChI is InChI=1S/C22H35N3O4Si/c1-15-11-17(21(23)24-26)12-16(2)20(15)27-10-8-9-19-13-18(25-29-19)14-28-30(6,7)22(3,4)5/h11-13,26H,8-10,14H2,1-7H3,(H2,23,24). The van der Waals surface area contributed by atoms with E-state index in [9.17, 15) is 0 Å². The van der Waals surface area contributed by atoms with Crippen molar-refractivity contribution in [2.75, 3.05) is 6.61 Å². The van der Waals surface area contributed by atoms with Crippen molar-refractivity contribution >= 4 is 14.2 Å². The maximum atomic E-state index is 8.84. The van der Waals surface area contributed by atoms with Crippen molar-refractivity contribution < 1.29 is 18.9 Å². The number of nitrogens with two attached hydrogens (primary N) is 1. The van der Waals surface area contributed by atoms with Gasteiger partial charge in [0.1, 0.15) is 17.2 Å². The lowest BCUT2D eigenvalue weighted by molar-refractivity contribution is 0.261. The van der Waals surface area contributed by atoms with Crippen LogP contribution in [0.2, 0.25) is 18.1 Å². The van der Waals surface area contributed by atoms with Crippen LogP contribution in [0, 0.1) is 13.8 Å². The summed E-state index contributed by atoms with van der Waals surface area (Å²) in [7, 11) is -1.80. The Bertz CT molecular complexity index is 862. The molecule has 0 amide bonds. The molecule has 1 aromatic heterocycles. The summed E-state index contributed by atoms with van der Waals surface area (Å²) in [5.41, 5.74) is 9.07. The Labute approximate surface area is 180 Å². The number of hydrogen-bond donors (Lipinski definition) is 2. The van der Waals surface area contributed by atoms with Crippen LogP contribution < -0.4 is 10.5 Å². The third-order valence-electron chi connectivity index (χ3n) is 5.67. The molecule has 0 radical (unpaired) electrons. The first kappa shape index (κ1) is 24.0. The number of oxime groups is 1. The molecule has 3 N–H and O–H groups in total. The molecule has 0 spiro atoms. The van der Waals surface area contributed by atoms with Gasteiger partial charge in [0, 0.05) is 18.1 Å². The van der Waals surface area contributed by atoms with Crippen LogP contribution >= 0.6 is 0 Å². The van der Waals surface area contributed by atoms with Crippen LogP contribution in [-0.2, 0) is 17.5 Å². The number of rotatable bonds is 9. The first-order valence-electron chi connectivity index (χ1n) is 10.2. The Morgan fingerprint density at radius 2 is 1.83 bits per heavy atom. The molecule has 0 aliphatic carbocycles. The monoisotopic (exact) mass is 433 g/mol. The smallest absolute Gasteiger partial charge is 0.192 e. The summed E-state index contributed by atoms with van der Waals surface area (Å²) in [5, 5.41) is 16.2. The Kier molecular flexibility index (Phi) is 7.71. The molecule has 166 valence electrons. The molecule has 7 nitrogen and oxygen atoms in total. The van der Waals surface area contributed by atoms with E-state index in [1.54, 1.807) is 0 Å². The highest BCUT2D eigenvalue weighted by atomic mass is 28.4. The molecule has 30 heavy (non-hydrogen) atoms. The molecule has 0 bridgehead atoms. The Balaban J connectivity index is 1.85. The fourth-order valence-electron chi connectivity index (χ4n) is 2.82. The minimum absolute atomic E-state index is 0.0893. The molecule has 1 aromatic carbocycles. The summed E-state index contributed by atoms with van der Waals surface area (Å²) in [6.45, 7) is 16.1. The van der Waals surface area contributed by atoms with Crippen molar-refractivity contribution in [3.05, 3.63) is 46.3 Å².